The van der Waals surface area contributed by atoms with Crippen molar-refractivity contribution in [3.05, 3.63) is 54.5 Å². The second-order valence-electron chi connectivity index (χ2n) is 5.79. The van der Waals surface area contributed by atoms with Gasteiger partial charge in [0, 0.05) is 30.5 Å². The van der Waals surface area contributed by atoms with Crippen molar-refractivity contribution in [1.82, 2.24) is 0 Å². The zero-order valence-electron chi connectivity index (χ0n) is 13.2. The van der Waals surface area contributed by atoms with Crippen molar-refractivity contribution in [3.63, 3.8) is 0 Å². The largest absolute Gasteiger partial charge is 0.465 e. The minimum absolute atomic E-state index is 0.163. The molecule has 1 aliphatic heterocycles. The lowest BCUT2D eigenvalue weighted by Crippen LogP contribution is -2.23. The lowest BCUT2D eigenvalue weighted by Gasteiger charge is -2.22. The third kappa shape index (κ3) is 4.49. The molecule has 0 radical (unpaired) electrons. The Bertz CT molecular complexity index is 637. The fourth-order valence-electron chi connectivity index (χ4n) is 2.81. The molecule has 1 aromatic carbocycles. The van der Waals surface area contributed by atoms with Gasteiger partial charge in [0.1, 0.15) is 5.76 Å². The van der Waals surface area contributed by atoms with Gasteiger partial charge in [-0.15, -0.1) is 0 Å². The Morgan fingerprint density at radius 1 is 1.04 bits per heavy atom. The van der Waals surface area contributed by atoms with E-state index in [0.717, 1.165) is 18.8 Å². The Labute approximate surface area is 136 Å². The molecular weight excluding hydrogens is 288 g/mol. The first kappa shape index (κ1) is 15.4. The van der Waals surface area contributed by atoms with Gasteiger partial charge in [-0.25, -0.2) is 0 Å². The number of rotatable bonds is 4. The summed E-state index contributed by atoms with van der Waals surface area (Å²) in [4.78, 5) is 14.3. The SMILES string of the molecule is O=C(/C=C/c1ccco1)Nc1ccc(N2CCCCCC2)cc1. The molecule has 1 amide bonds. The Balaban J connectivity index is 1.57. The van der Waals surface area contributed by atoms with E-state index in [2.05, 4.69) is 22.3 Å². The average molecular weight is 310 g/mol. The van der Waals surface area contributed by atoms with E-state index in [1.54, 1.807) is 24.5 Å². The van der Waals surface area contributed by atoms with E-state index in [0.29, 0.717) is 5.76 Å². The summed E-state index contributed by atoms with van der Waals surface area (Å²) in [5, 5.41) is 2.86. The van der Waals surface area contributed by atoms with Crippen LogP contribution in [-0.2, 0) is 4.79 Å². The third-order valence-electron chi connectivity index (χ3n) is 4.05. The maximum absolute atomic E-state index is 11.9. The van der Waals surface area contributed by atoms with Gasteiger partial charge < -0.3 is 14.6 Å². The van der Waals surface area contributed by atoms with Gasteiger partial charge in [0.15, 0.2) is 0 Å². The zero-order valence-corrected chi connectivity index (χ0v) is 13.2. The first-order valence-electron chi connectivity index (χ1n) is 8.19. The topological polar surface area (TPSA) is 45.5 Å². The number of amides is 1. The molecule has 0 spiro atoms. The third-order valence-corrected chi connectivity index (χ3v) is 4.05. The predicted molar refractivity (Wildman–Crippen MR) is 93.5 cm³/mol. The predicted octanol–water partition coefficient (Wildman–Crippen LogP) is 4.31. The Kier molecular flexibility index (Phi) is 5.14. The highest BCUT2D eigenvalue weighted by Gasteiger charge is 2.09. The van der Waals surface area contributed by atoms with Gasteiger partial charge >= 0.3 is 0 Å². The van der Waals surface area contributed by atoms with Crippen LogP contribution in [0.15, 0.2) is 53.2 Å². The summed E-state index contributed by atoms with van der Waals surface area (Å²) >= 11 is 0. The van der Waals surface area contributed by atoms with Crippen molar-refractivity contribution < 1.29 is 9.21 Å². The van der Waals surface area contributed by atoms with Crippen LogP contribution in [0.1, 0.15) is 31.4 Å². The van der Waals surface area contributed by atoms with Crippen molar-refractivity contribution in [2.24, 2.45) is 0 Å². The van der Waals surface area contributed by atoms with Crippen molar-refractivity contribution in [2.45, 2.75) is 25.7 Å². The van der Waals surface area contributed by atoms with Crippen LogP contribution in [0.25, 0.3) is 6.08 Å². The first-order chi connectivity index (χ1) is 11.3. The Morgan fingerprint density at radius 2 is 1.78 bits per heavy atom. The molecule has 2 aromatic rings. The van der Waals surface area contributed by atoms with Gasteiger partial charge in [-0.1, -0.05) is 12.8 Å². The van der Waals surface area contributed by atoms with E-state index in [4.69, 9.17) is 4.42 Å². The molecule has 0 bridgehead atoms. The van der Waals surface area contributed by atoms with E-state index >= 15 is 0 Å². The second-order valence-corrected chi connectivity index (χ2v) is 5.79. The van der Waals surface area contributed by atoms with Crippen LogP contribution in [0, 0.1) is 0 Å². The van der Waals surface area contributed by atoms with E-state index < -0.39 is 0 Å². The molecule has 1 aliphatic rings. The fraction of sp³-hybridized carbons (Fsp3) is 0.316. The summed E-state index contributed by atoms with van der Waals surface area (Å²) in [6, 6.07) is 11.7. The summed E-state index contributed by atoms with van der Waals surface area (Å²) in [6.07, 6.45) is 9.88. The van der Waals surface area contributed by atoms with E-state index in [1.165, 1.54) is 37.4 Å². The molecule has 1 N–H and O–H groups in total. The molecular formula is C19H22N2O2. The highest BCUT2D eigenvalue weighted by Crippen LogP contribution is 2.21. The van der Waals surface area contributed by atoms with Crippen LogP contribution in [-0.4, -0.2) is 19.0 Å². The number of carbonyl (C=O) groups is 1. The number of nitrogens with one attached hydrogen (secondary N) is 1. The van der Waals surface area contributed by atoms with E-state index in [-0.39, 0.29) is 5.91 Å². The van der Waals surface area contributed by atoms with Gasteiger partial charge in [-0.05, 0) is 55.3 Å². The summed E-state index contributed by atoms with van der Waals surface area (Å²) in [5.74, 6) is 0.501. The molecule has 1 saturated heterocycles. The fourth-order valence-corrected chi connectivity index (χ4v) is 2.81. The molecule has 1 fully saturated rings. The number of hydrogen-bond acceptors (Lipinski definition) is 3. The van der Waals surface area contributed by atoms with E-state index in [9.17, 15) is 4.79 Å². The number of furan rings is 1. The van der Waals surface area contributed by atoms with Crippen LogP contribution in [0.2, 0.25) is 0 Å². The molecule has 3 rings (SSSR count). The van der Waals surface area contributed by atoms with Crippen LogP contribution in [0.3, 0.4) is 0 Å². The standard InChI is InChI=1S/C19H22N2O2/c22-19(12-11-18-6-5-15-23-18)20-16-7-9-17(10-8-16)21-13-3-1-2-4-14-21/h5-12,15H,1-4,13-14H2,(H,20,22)/b12-11+. The molecule has 0 aliphatic carbocycles. The maximum Gasteiger partial charge on any atom is 0.248 e. The maximum atomic E-state index is 11.9. The van der Waals surface area contributed by atoms with E-state index in [1.807, 2.05) is 12.1 Å². The summed E-state index contributed by atoms with van der Waals surface area (Å²) in [7, 11) is 0. The van der Waals surface area contributed by atoms with Gasteiger partial charge in [-0.3, -0.25) is 4.79 Å². The summed E-state index contributed by atoms with van der Waals surface area (Å²) < 4.78 is 5.15. The Morgan fingerprint density at radius 3 is 2.43 bits per heavy atom. The van der Waals surface area contributed by atoms with Crippen molar-refractivity contribution in [1.29, 1.82) is 0 Å². The molecule has 0 saturated carbocycles. The van der Waals surface area contributed by atoms with Gasteiger partial charge in [0.2, 0.25) is 5.91 Å². The smallest absolute Gasteiger partial charge is 0.248 e. The van der Waals surface area contributed by atoms with Crippen LogP contribution >= 0.6 is 0 Å². The second kappa shape index (κ2) is 7.68. The average Bonchev–Trinajstić information content (AvgIpc) is 2.94. The lowest BCUT2D eigenvalue weighted by molar-refractivity contribution is -0.111. The minimum Gasteiger partial charge on any atom is -0.465 e. The van der Waals surface area contributed by atoms with Crippen LogP contribution in [0.4, 0.5) is 11.4 Å². The van der Waals surface area contributed by atoms with Gasteiger partial charge in [-0.2, -0.15) is 0 Å². The normalized spacial score (nSPS) is 15.6. The zero-order chi connectivity index (χ0) is 15.9. The van der Waals surface area contributed by atoms with Gasteiger partial charge in [0.05, 0.1) is 6.26 Å². The molecule has 4 nitrogen and oxygen atoms in total. The molecule has 2 heterocycles. The summed E-state index contributed by atoms with van der Waals surface area (Å²) in [5.41, 5.74) is 2.04. The molecule has 4 heteroatoms. The molecule has 120 valence electrons. The molecule has 23 heavy (non-hydrogen) atoms. The monoisotopic (exact) mass is 310 g/mol. The summed E-state index contributed by atoms with van der Waals surface area (Å²) in [6.45, 7) is 2.25. The quantitative estimate of drug-likeness (QED) is 0.856. The van der Waals surface area contributed by atoms with Crippen LogP contribution in [0.5, 0.6) is 0 Å². The number of carbonyl (C=O) groups excluding carboxylic acids is 1. The van der Waals surface area contributed by atoms with Crippen molar-refractivity contribution in [2.75, 3.05) is 23.3 Å². The van der Waals surface area contributed by atoms with Gasteiger partial charge in [0.25, 0.3) is 0 Å². The number of hydrogen-bond donors (Lipinski definition) is 1. The minimum atomic E-state index is -0.163. The molecule has 0 unspecified atom stereocenters. The molecule has 1 aromatic heterocycles. The molecule has 0 atom stereocenters. The number of benzene rings is 1. The van der Waals surface area contributed by atoms with Crippen molar-refractivity contribution in [3.8, 4) is 0 Å². The lowest BCUT2D eigenvalue weighted by atomic mass is 10.2. The van der Waals surface area contributed by atoms with Crippen molar-refractivity contribution >= 4 is 23.4 Å². The highest BCUT2D eigenvalue weighted by molar-refractivity contribution is 6.01. The Hall–Kier alpha value is -2.49. The first-order valence-corrected chi connectivity index (χ1v) is 8.19. The number of nitrogens with zero attached hydrogens (tertiary/aromatic N) is 1. The number of anilines is 2. The van der Waals surface area contributed by atoms with Crippen LogP contribution < -0.4 is 10.2 Å². The highest BCUT2D eigenvalue weighted by atomic mass is 16.3.